The lowest BCUT2D eigenvalue weighted by atomic mass is 10.0. The van der Waals surface area contributed by atoms with Crippen molar-refractivity contribution >= 4 is 76.3 Å². The number of hydrogen-bond acceptors (Lipinski definition) is 5. The van der Waals surface area contributed by atoms with E-state index in [0.29, 0.717) is 0 Å². The molecule has 5 nitrogen and oxygen atoms in total. The van der Waals surface area contributed by atoms with Crippen molar-refractivity contribution in [1.29, 1.82) is 0 Å². The number of nitrogens with zero attached hydrogens (tertiary/aromatic N) is 2. The van der Waals surface area contributed by atoms with E-state index in [-0.39, 0.29) is 12.3 Å². The Kier molecular flexibility index (Phi) is 7.37. The quantitative estimate of drug-likeness (QED) is 0.184. The van der Waals surface area contributed by atoms with Crippen LogP contribution in [0.3, 0.4) is 0 Å². The van der Waals surface area contributed by atoms with Crippen LogP contribution in [0.5, 0.6) is 0 Å². The minimum Gasteiger partial charge on any atom is -0.456 e. The molecule has 3 aromatic heterocycles. The van der Waals surface area contributed by atoms with Gasteiger partial charge in [0.1, 0.15) is 29.3 Å². The largest absolute Gasteiger partial charge is 0.456 e. The van der Waals surface area contributed by atoms with Crippen LogP contribution in [0.1, 0.15) is 46.7 Å². The molecule has 0 saturated carbocycles. The van der Waals surface area contributed by atoms with Gasteiger partial charge in [-0.1, -0.05) is 140 Å². The number of hydrogen-bond donors (Lipinski definition) is 2. The molecule has 0 bridgehead atoms. The number of aliphatic imine (C=N–C) groups is 1. The van der Waals surface area contributed by atoms with Crippen LogP contribution in [0.4, 0.5) is 0 Å². The summed E-state index contributed by atoms with van der Waals surface area (Å²) in [6.45, 7) is 0. The maximum atomic E-state index is 6.89. The Morgan fingerprint density at radius 3 is 2.30 bits per heavy atom. The number of fused-ring (bicyclic) bond motifs is 9. The average molecular weight is 753 g/mol. The topological polar surface area (TPSA) is 54.5 Å². The van der Waals surface area contributed by atoms with E-state index in [0.717, 1.165) is 62.9 Å². The smallest absolute Gasteiger partial charge is 0.142 e. The molecule has 0 saturated heterocycles. The fourth-order valence-electron chi connectivity index (χ4n) is 9.14. The second-order valence-electron chi connectivity index (χ2n) is 15.0. The molecule has 2 aliphatic rings. The summed E-state index contributed by atoms with van der Waals surface area (Å²) in [6, 6.07) is 56.3. The lowest BCUT2D eigenvalue weighted by Crippen LogP contribution is -2.45. The molecular formula is C51H36N4OS. The van der Waals surface area contributed by atoms with Crippen LogP contribution in [0, 0.1) is 0 Å². The van der Waals surface area contributed by atoms with E-state index in [4.69, 9.17) is 9.41 Å². The zero-order chi connectivity index (χ0) is 37.5. The van der Waals surface area contributed by atoms with E-state index in [1.807, 2.05) is 23.5 Å². The van der Waals surface area contributed by atoms with Crippen LogP contribution < -0.4 is 10.6 Å². The van der Waals surface area contributed by atoms with Crippen LogP contribution in [-0.4, -0.2) is 10.4 Å². The zero-order valence-corrected chi connectivity index (χ0v) is 31.8. The summed E-state index contributed by atoms with van der Waals surface area (Å²) in [6.07, 6.45) is 6.34. The van der Waals surface area contributed by atoms with Crippen LogP contribution in [0.15, 0.2) is 173 Å². The molecule has 4 heterocycles. The number of allylic oxidation sites excluding steroid dienone is 1. The van der Waals surface area contributed by atoms with Crippen molar-refractivity contribution in [2.75, 3.05) is 0 Å². The van der Waals surface area contributed by atoms with Crippen molar-refractivity contribution < 1.29 is 4.42 Å². The van der Waals surface area contributed by atoms with Gasteiger partial charge in [0.05, 0.1) is 15.9 Å². The minimum atomic E-state index is -0.230. The first-order valence-corrected chi connectivity index (χ1v) is 20.5. The van der Waals surface area contributed by atoms with Crippen molar-refractivity contribution in [3.8, 4) is 16.8 Å². The Morgan fingerprint density at radius 1 is 0.649 bits per heavy atom. The number of nitrogens with one attached hydrogen (secondary N) is 2. The standard InChI is InChI=1S/C51H36N4OS/c1-3-14-31(15-4-1)49-52-50(32-16-5-2-6-17-32)54-51(53-49)41-24-12-21-38-37-29-28-33(30-45(37)56-46(38)41)34-20-11-22-39-40-23-13-27-44(48(40)57-47(34)39)55-42-25-9-7-18-35(42)36-19-8-10-26-43(36)55/h1-7,9-18,20-30,49,51,53H,8,19H2,(H,52,54). The van der Waals surface area contributed by atoms with Gasteiger partial charge >= 0.3 is 0 Å². The van der Waals surface area contributed by atoms with E-state index in [1.165, 1.54) is 53.6 Å². The maximum Gasteiger partial charge on any atom is 0.142 e. The molecule has 2 unspecified atom stereocenters. The summed E-state index contributed by atoms with van der Waals surface area (Å²) in [5, 5.41) is 13.6. The fourth-order valence-corrected chi connectivity index (χ4v) is 10.5. The molecule has 6 heteroatoms. The Balaban J connectivity index is 0.975. The Morgan fingerprint density at radius 2 is 1.40 bits per heavy atom. The lowest BCUT2D eigenvalue weighted by Gasteiger charge is -2.32. The first kappa shape index (κ1) is 32.5. The molecule has 0 amide bonds. The molecular weight excluding hydrogens is 717 g/mol. The number of rotatable bonds is 5. The third-order valence-corrected chi connectivity index (χ3v) is 13.1. The van der Waals surface area contributed by atoms with E-state index >= 15 is 0 Å². The summed E-state index contributed by atoms with van der Waals surface area (Å²) in [7, 11) is 0. The van der Waals surface area contributed by atoms with Crippen LogP contribution in [0.25, 0.3) is 75.9 Å². The van der Waals surface area contributed by atoms with Crippen LogP contribution in [-0.2, 0) is 6.42 Å². The van der Waals surface area contributed by atoms with Gasteiger partial charge in [-0.05, 0) is 65.4 Å². The molecule has 0 spiro atoms. The van der Waals surface area contributed by atoms with Crippen molar-refractivity contribution in [2.24, 2.45) is 4.99 Å². The number of thiophene rings is 1. The van der Waals surface area contributed by atoms with Gasteiger partial charge in [-0.3, -0.25) is 5.32 Å². The number of furan rings is 1. The highest BCUT2D eigenvalue weighted by atomic mass is 32.1. The van der Waals surface area contributed by atoms with Gasteiger partial charge in [-0.2, -0.15) is 0 Å². The second-order valence-corrected chi connectivity index (χ2v) is 16.1. The maximum absolute atomic E-state index is 6.89. The minimum absolute atomic E-state index is 0.223. The molecule has 12 rings (SSSR count). The predicted molar refractivity (Wildman–Crippen MR) is 237 cm³/mol. The number of benzene rings is 7. The normalized spacial score (nSPS) is 16.7. The third-order valence-electron chi connectivity index (χ3n) is 11.8. The lowest BCUT2D eigenvalue weighted by molar-refractivity contribution is 0.408. The summed E-state index contributed by atoms with van der Waals surface area (Å²) >= 11 is 1.89. The molecule has 0 radical (unpaired) electrons. The van der Waals surface area contributed by atoms with E-state index in [1.54, 1.807) is 0 Å². The van der Waals surface area contributed by atoms with Gasteiger partial charge in [-0.25, -0.2) is 4.99 Å². The van der Waals surface area contributed by atoms with E-state index in [2.05, 4.69) is 173 Å². The first-order chi connectivity index (χ1) is 28.3. The van der Waals surface area contributed by atoms with Crippen molar-refractivity contribution in [2.45, 2.75) is 25.2 Å². The highest BCUT2D eigenvalue weighted by Gasteiger charge is 2.28. The van der Waals surface area contributed by atoms with Gasteiger partial charge in [0.15, 0.2) is 0 Å². The summed E-state index contributed by atoms with van der Waals surface area (Å²) < 4.78 is 12.0. The molecule has 2 atom stereocenters. The van der Waals surface area contributed by atoms with Gasteiger partial charge in [0, 0.05) is 48.5 Å². The first-order valence-electron chi connectivity index (χ1n) is 19.7. The summed E-state index contributed by atoms with van der Waals surface area (Å²) in [4.78, 5) is 5.12. The Bertz CT molecular complexity index is 3260. The molecule has 10 aromatic rings. The van der Waals surface area contributed by atoms with Gasteiger partial charge in [0.2, 0.25) is 0 Å². The fraction of sp³-hybridized carbons (Fsp3) is 0.0784. The summed E-state index contributed by atoms with van der Waals surface area (Å²) in [5.74, 6) is 0.851. The molecule has 57 heavy (non-hydrogen) atoms. The monoisotopic (exact) mass is 752 g/mol. The highest BCUT2D eigenvalue weighted by molar-refractivity contribution is 7.26. The molecule has 0 fully saturated rings. The summed E-state index contributed by atoms with van der Waals surface area (Å²) in [5.41, 5.74) is 12.6. The van der Waals surface area contributed by atoms with Gasteiger partial charge in [-0.15, -0.1) is 11.3 Å². The third kappa shape index (κ3) is 5.15. The molecule has 7 aromatic carbocycles. The SMILES string of the molecule is C1=Cc2c(c3ccccc3n2-c2cccc3c2sc2c(-c4ccc5c(c4)oc4c(C6NC(c7ccccc7)=NC(c7ccccc7)N6)cccc45)cccc23)CC1. The second kappa shape index (κ2) is 12.9. The number of para-hydroxylation sites is 2. The average Bonchev–Trinajstić information content (AvgIpc) is 3.96. The Hall–Kier alpha value is -6.73. The number of aryl methyl sites for hydroxylation is 1. The van der Waals surface area contributed by atoms with Crippen molar-refractivity contribution in [3.05, 3.63) is 192 Å². The Labute approximate surface area is 333 Å². The number of aromatic nitrogens is 1. The molecule has 1 aliphatic carbocycles. The zero-order valence-electron chi connectivity index (χ0n) is 30.9. The van der Waals surface area contributed by atoms with E-state index < -0.39 is 0 Å². The molecule has 272 valence electrons. The predicted octanol–water partition coefficient (Wildman–Crippen LogP) is 12.9. The van der Waals surface area contributed by atoms with Crippen molar-refractivity contribution in [3.63, 3.8) is 0 Å². The van der Waals surface area contributed by atoms with Crippen molar-refractivity contribution in [1.82, 2.24) is 15.2 Å². The molecule has 2 N–H and O–H groups in total. The van der Waals surface area contributed by atoms with Crippen LogP contribution in [0.2, 0.25) is 0 Å². The van der Waals surface area contributed by atoms with E-state index in [9.17, 15) is 0 Å². The highest BCUT2D eigenvalue weighted by Crippen LogP contribution is 2.45. The molecule has 1 aliphatic heterocycles. The number of amidine groups is 1. The van der Waals surface area contributed by atoms with Gasteiger partial charge < -0.3 is 14.3 Å². The van der Waals surface area contributed by atoms with Gasteiger partial charge in [0.25, 0.3) is 0 Å². The van der Waals surface area contributed by atoms with Crippen LogP contribution >= 0.6 is 11.3 Å².